The quantitative estimate of drug-likeness (QED) is 0.739. The monoisotopic (exact) mass is 353 g/mol. The van der Waals surface area contributed by atoms with E-state index in [0.29, 0.717) is 29.9 Å². The van der Waals surface area contributed by atoms with Crippen molar-refractivity contribution in [2.75, 3.05) is 6.54 Å². The van der Waals surface area contributed by atoms with Crippen molar-refractivity contribution in [1.82, 2.24) is 14.9 Å². The number of hydrogen-bond acceptors (Lipinski definition) is 4. The van der Waals surface area contributed by atoms with Crippen LogP contribution in [0.25, 0.3) is 11.1 Å². The minimum Gasteiger partial charge on any atom is -0.443 e. The Morgan fingerprint density at radius 2 is 1.92 bits per heavy atom. The molecule has 6 heteroatoms. The fraction of sp³-hybridized carbons (Fsp3) is 0.350. The predicted octanol–water partition coefficient (Wildman–Crippen LogP) is 2.66. The molecule has 0 saturated heterocycles. The van der Waals surface area contributed by atoms with Crippen LogP contribution >= 0.6 is 0 Å². The molecule has 2 aromatic heterocycles. The predicted molar refractivity (Wildman–Crippen MR) is 100 cm³/mol. The molecule has 1 aromatic carbocycles. The number of carbonyl (C=O) groups is 1. The lowest BCUT2D eigenvalue weighted by Crippen LogP contribution is -2.29. The Morgan fingerprint density at radius 3 is 2.65 bits per heavy atom. The number of nitrogens with zero attached hydrogens (tertiary/aromatic N) is 2. The number of hydrogen-bond donors (Lipinski definition) is 1. The number of carbonyl (C=O) groups excluding carboxylic acids is 1. The van der Waals surface area contributed by atoms with E-state index in [1.807, 2.05) is 20.8 Å². The number of amides is 1. The first-order valence-electron chi connectivity index (χ1n) is 8.73. The van der Waals surface area contributed by atoms with Crippen LogP contribution in [0.4, 0.5) is 0 Å². The lowest BCUT2D eigenvalue weighted by Gasteiger charge is -2.07. The van der Waals surface area contributed by atoms with Gasteiger partial charge in [0.05, 0.1) is 0 Å². The summed E-state index contributed by atoms with van der Waals surface area (Å²) in [6, 6.07) is 8.26. The van der Waals surface area contributed by atoms with E-state index in [-0.39, 0.29) is 17.9 Å². The maximum atomic E-state index is 12.5. The van der Waals surface area contributed by atoms with Crippen LogP contribution in [-0.2, 0) is 17.8 Å². The minimum absolute atomic E-state index is 0.0794. The Bertz CT molecular complexity index is 984. The highest BCUT2D eigenvalue weighted by molar-refractivity contribution is 5.77. The van der Waals surface area contributed by atoms with Crippen molar-refractivity contribution in [1.29, 1.82) is 0 Å². The summed E-state index contributed by atoms with van der Waals surface area (Å²) >= 11 is 0. The molecule has 0 bridgehead atoms. The third-order valence-corrected chi connectivity index (χ3v) is 4.59. The second-order valence-electron chi connectivity index (χ2n) is 6.54. The number of furan rings is 1. The molecule has 1 N–H and O–H groups in total. The van der Waals surface area contributed by atoms with E-state index in [1.54, 1.807) is 0 Å². The molecule has 0 fully saturated rings. The van der Waals surface area contributed by atoms with Gasteiger partial charge in [-0.15, -0.1) is 0 Å². The van der Waals surface area contributed by atoms with E-state index in [2.05, 4.69) is 34.6 Å². The standard InChI is InChI=1S/C20H23N3O3/c1-13-4-6-16(7-5-13)8-10-21-17(24)9-11-23-12-22-19-18(20(23)25)14(2)15(3)26-19/h4-7,12H,8-11H2,1-3H3,(H,21,24). The third kappa shape index (κ3) is 3.85. The van der Waals surface area contributed by atoms with Crippen LogP contribution in [0.1, 0.15) is 28.9 Å². The number of nitrogens with one attached hydrogen (secondary N) is 1. The Labute approximate surface area is 151 Å². The van der Waals surface area contributed by atoms with Gasteiger partial charge >= 0.3 is 0 Å². The number of rotatable bonds is 6. The van der Waals surface area contributed by atoms with Crippen LogP contribution in [0.15, 0.2) is 39.8 Å². The van der Waals surface area contributed by atoms with Gasteiger partial charge in [-0.25, -0.2) is 4.98 Å². The van der Waals surface area contributed by atoms with E-state index in [0.717, 1.165) is 12.0 Å². The number of aryl methyl sites for hydroxylation is 4. The van der Waals surface area contributed by atoms with Crippen molar-refractivity contribution in [3.8, 4) is 0 Å². The largest absolute Gasteiger partial charge is 0.443 e. The molecule has 0 spiro atoms. The van der Waals surface area contributed by atoms with Crippen molar-refractivity contribution in [3.05, 3.63) is 63.4 Å². The van der Waals surface area contributed by atoms with Crippen LogP contribution in [0.2, 0.25) is 0 Å². The molecule has 0 atom stereocenters. The summed E-state index contributed by atoms with van der Waals surface area (Å²) in [5.41, 5.74) is 3.39. The summed E-state index contributed by atoms with van der Waals surface area (Å²) in [5.74, 6) is 0.611. The molecule has 0 aliphatic heterocycles. The van der Waals surface area contributed by atoms with Crippen LogP contribution in [0.3, 0.4) is 0 Å². The van der Waals surface area contributed by atoms with Crippen molar-refractivity contribution < 1.29 is 9.21 Å². The van der Waals surface area contributed by atoms with E-state index >= 15 is 0 Å². The summed E-state index contributed by atoms with van der Waals surface area (Å²) in [7, 11) is 0. The van der Waals surface area contributed by atoms with E-state index in [1.165, 1.54) is 22.0 Å². The number of benzene rings is 1. The summed E-state index contributed by atoms with van der Waals surface area (Å²) in [6.07, 6.45) is 2.45. The van der Waals surface area contributed by atoms with Gasteiger partial charge in [0.2, 0.25) is 11.6 Å². The van der Waals surface area contributed by atoms with E-state index in [4.69, 9.17) is 4.42 Å². The molecule has 0 aliphatic rings. The first-order chi connectivity index (χ1) is 12.5. The molecule has 136 valence electrons. The smallest absolute Gasteiger partial charge is 0.264 e. The number of fused-ring (bicyclic) bond motifs is 1. The Morgan fingerprint density at radius 1 is 1.19 bits per heavy atom. The van der Waals surface area contributed by atoms with E-state index in [9.17, 15) is 9.59 Å². The van der Waals surface area contributed by atoms with Gasteiger partial charge in [-0.2, -0.15) is 0 Å². The Kier molecular flexibility index (Phi) is 5.21. The molecule has 0 unspecified atom stereocenters. The van der Waals surface area contributed by atoms with Gasteiger partial charge in [0.25, 0.3) is 5.56 Å². The lowest BCUT2D eigenvalue weighted by molar-refractivity contribution is -0.121. The van der Waals surface area contributed by atoms with Gasteiger partial charge in [0, 0.05) is 25.1 Å². The van der Waals surface area contributed by atoms with Crippen molar-refractivity contribution in [3.63, 3.8) is 0 Å². The fourth-order valence-corrected chi connectivity index (χ4v) is 2.84. The molecule has 0 aliphatic carbocycles. The highest BCUT2D eigenvalue weighted by Gasteiger charge is 2.14. The van der Waals surface area contributed by atoms with Gasteiger partial charge < -0.3 is 9.73 Å². The molecule has 0 radical (unpaired) electrons. The molecule has 1 amide bonds. The average molecular weight is 353 g/mol. The lowest BCUT2D eigenvalue weighted by atomic mass is 10.1. The summed E-state index contributed by atoms with van der Waals surface area (Å²) in [6.45, 7) is 6.57. The zero-order valence-corrected chi connectivity index (χ0v) is 15.3. The molecule has 0 saturated carbocycles. The summed E-state index contributed by atoms with van der Waals surface area (Å²) < 4.78 is 6.92. The van der Waals surface area contributed by atoms with Crippen LogP contribution in [-0.4, -0.2) is 22.0 Å². The number of aromatic nitrogens is 2. The van der Waals surface area contributed by atoms with Gasteiger partial charge in [0.15, 0.2) is 0 Å². The average Bonchev–Trinajstić information content (AvgIpc) is 2.91. The van der Waals surface area contributed by atoms with Crippen LogP contribution in [0, 0.1) is 20.8 Å². The fourth-order valence-electron chi connectivity index (χ4n) is 2.84. The third-order valence-electron chi connectivity index (χ3n) is 4.59. The van der Waals surface area contributed by atoms with Crippen molar-refractivity contribution >= 4 is 17.0 Å². The summed E-state index contributed by atoms with van der Waals surface area (Å²) in [5, 5.41) is 3.39. The van der Waals surface area contributed by atoms with Crippen LogP contribution < -0.4 is 10.9 Å². The normalized spacial score (nSPS) is 11.0. The van der Waals surface area contributed by atoms with Crippen molar-refractivity contribution in [2.45, 2.75) is 40.2 Å². The Hall–Kier alpha value is -2.89. The highest BCUT2D eigenvalue weighted by Crippen LogP contribution is 2.19. The molecule has 3 rings (SSSR count). The Balaban J connectivity index is 1.55. The summed E-state index contributed by atoms with van der Waals surface area (Å²) in [4.78, 5) is 28.7. The second kappa shape index (κ2) is 7.56. The molecule has 26 heavy (non-hydrogen) atoms. The minimum atomic E-state index is -0.170. The second-order valence-corrected chi connectivity index (χ2v) is 6.54. The molecule has 3 aromatic rings. The SMILES string of the molecule is Cc1ccc(CCNC(=O)CCn2cnc3oc(C)c(C)c3c2=O)cc1. The van der Waals surface area contributed by atoms with E-state index < -0.39 is 0 Å². The molecule has 2 heterocycles. The van der Waals surface area contributed by atoms with Crippen LogP contribution in [0.5, 0.6) is 0 Å². The molecular formula is C20H23N3O3. The first-order valence-corrected chi connectivity index (χ1v) is 8.73. The molecular weight excluding hydrogens is 330 g/mol. The first kappa shape index (κ1) is 17.9. The van der Waals surface area contributed by atoms with Gasteiger partial charge in [-0.05, 0) is 32.8 Å². The zero-order valence-electron chi connectivity index (χ0n) is 15.3. The maximum Gasteiger partial charge on any atom is 0.264 e. The highest BCUT2D eigenvalue weighted by atomic mass is 16.3. The van der Waals surface area contributed by atoms with Gasteiger partial charge in [0.1, 0.15) is 17.5 Å². The van der Waals surface area contributed by atoms with Crippen molar-refractivity contribution in [2.24, 2.45) is 0 Å². The topological polar surface area (TPSA) is 77.1 Å². The molecule has 6 nitrogen and oxygen atoms in total. The maximum absolute atomic E-state index is 12.5. The zero-order chi connectivity index (χ0) is 18.7. The van der Waals surface area contributed by atoms with Gasteiger partial charge in [-0.3, -0.25) is 14.2 Å². The van der Waals surface area contributed by atoms with Gasteiger partial charge in [-0.1, -0.05) is 29.8 Å².